The molecule has 0 spiro atoms. The lowest BCUT2D eigenvalue weighted by Gasteiger charge is -2.12. The van der Waals surface area contributed by atoms with Gasteiger partial charge in [0.05, 0.1) is 0 Å². The molecule has 0 rings (SSSR count). The summed E-state index contributed by atoms with van der Waals surface area (Å²) in [6.07, 6.45) is 0. The van der Waals surface area contributed by atoms with Crippen LogP contribution in [0, 0.1) is 5.41 Å². The second kappa shape index (κ2) is 3.98. The highest BCUT2D eigenvalue weighted by Crippen LogP contribution is 1.86. The Morgan fingerprint density at radius 1 is 1.42 bits per heavy atom. The minimum absolute atomic E-state index is 0.409. The third kappa shape index (κ3) is 2.70. The topological polar surface area (TPSA) is 173 Å². The van der Waals surface area contributed by atoms with Crippen molar-refractivity contribution in [1.29, 1.82) is 5.41 Å². The van der Waals surface area contributed by atoms with Crippen LogP contribution in [0.1, 0.15) is 0 Å². The van der Waals surface area contributed by atoms with Crippen molar-refractivity contribution < 1.29 is 4.79 Å². The SMILES string of the molecule is N=C(N)N(N=C(N)N)C(=O)NN. The third-order valence-corrected chi connectivity index (χ3v) is 0.760. The molecule has 10 N–H and O–H groups in total. The second-order valence-corrected chi connectivity index (χ2v) is 1.67. The Hall–Kier alpha value is -2.03. The van der Waals surface area contributed by atoms with Crippen LogP contribution >= 0.6 is 0 Å². The second-order valence-electron chi connectivity index (χ2n) is 1.67. The zero-order chi connectivity index (χ0) is 9.72. The van der Waals surface area contributed by atoms with Crippen molar-refractivity contribution >= 4 is 18.0 Å². The molecule has 0 heterocycles. The minimum atomic E-state index is -0.907. The number of carbonyl (C=O) groups excluding carboxylic acids is 1. The quantitative estimate of drug-likeness (QED) is 0.0812. The average Bonchev–Trinajstić information content (AvgIpc) is 1.98. The van der Waals surface area contributed by atoms with E-state index in [-0.39, 0.29) is 0 Å². The van der Waals surface area contributed by atoms with Gasteiger partial charge < -0.3 is 17.2 Å². The largest absolute Gasteiger partial charge is 0.369 e. The molecule has 2 amide bonds. The molecule has 12 heavy (non-hydrogen) atoms. The van der Waals surface area contributed by atoms with Gasteiger partial charge in [0.25, 0.3) is 0 Å². The number of nitrogens with zero attached hydrogens (tertiary/aromatic N) is 2. The number of urea groups is 1. The molecule has 0 aromatic rings. The van der Waals surface area contributed by atoms with Crippen molar-refractivity contribution in [1.82, 2.24) is 10.4 Å². The first-order valence-electron chi connectivity index (χ1n) is 2.73. The smallest absolute Gasteiger partial charge is 0.359 e. The molecular weight excluding hydrogens is 164 g/mol. The lowest BCUT2D eigenvalue weighted by Crippen LogP contribution is -2.47. The molecule has 0 aromatic heterocycles. The van der Waals surface area contributed by atoms with E-state index in [1.165, 1.54) is 0 Å². The first-order chi connectivity index (χ1) is 5.49. The van der Waals surface area contributed by atoms with E-state index in [1.807, 2.05) is 0 Å². The standard InChI is InChI=1S/C3H10N8O/c4-1(5)10-11(2(6)7)3(12)9-8/h8H2,(H3,6,7)(H,9,12)(H4,4,5,10). The van der Waals surface area contributed by atoms with Crippen LogP contribution in [0.4, 0.5) is 4.79 Å². The average molecular weight is 174 g/mol. The van der Waals surface area contributed by atoms with Gasteiger partial charge in [0.15, 0.2) is 0 Å². The van der Waals surface area contributed by atoms with Gasteiger partial charge in [-0.05, 0) is 0 Å². The van der Waals surface area contributed by atoms with E-state index in [4.69, 9.17) is 28.5 Å². The number of hydrazine groups is 1. The van der Waals surface area contributed by atoms with Crippen molar-refractivity contribution in [2.45, 2.75) is 0 Å². The minimum Gasteiger partial charge on any atom is -0.369 e. The number of amides is 2. The normalized spacial score (nSPS) is 8.42. The fourth-order valence-corrected chi connectivity index (χ4v) is 0.385. The lowest BCUT2D eigenvalue weighted by molar-refractivity contribution is 0.221. The van der Waals surface area contributed by atoms with Crippen LogP contribution < -0.4 is 28.5 Å². The summed E-state index contributed by atoms with van der Waals surface area (Å²) < 4.78 is 0. The number of nitrogens with two attached hydrogens (primary N) is 4. The van der Waals surface area contributed by atoms with Gasteiger partial charge in [-0.1, -0.05) is 0 Å². The molecule has 0 radical (unpaired) electrons. The molecule has 0 saturated heterocycles. The molecule has 0 aromatic carbocycles. The summed E-state index contributed by atoms with van der Waals surface area (Å²) in [5, 5.41) is 10.5. The van der Waals surface area contributed by atoms with Gasteiger partial charge >= 0.3 is 6.03 Å². The number of rotatable bonds is 1. The van der Waals surface area contributed by atoms with E-state index in [2.05, 4.69) is 5.10 Å². The van der Waals surface area contributed by atoms with Gasteiger partial charge in [-0.15, -0.1) is 10.1 Å². The first kappa shape index (κ1) is 9.97. The van der Waals surface area contributed by atoms with Gasteiger partial charge in [-0.3, -0.25) is 10.8 Å². The van der Waals surface area contributed by atoms with E-state index in [0.29, 0.717) is 5.01 Å². The van der Waals surface area contributed by atoms with Gasteiger partial charge in [0, 0.05) is 0 Å². The Balaban J connectivity index is 4.56. The maximum Gasteiger partial charge on any atom is 0.359 e. The molecule has 0 aliphatic carbocycles. The van der Waals surface area contributed by atoms with Gasteiger partial charge in [0.2, 0.25) is 11.9 Å². The van der Waals surface area contributed by atoms with Crippen molar-refractivity contribution in [2.75, 3.05) is 0 Å². The molecule has 0 aliphatic rings. The monoisotopic (exact) mass is 174 g/mol. The molecule has 9 heteroatoms. The van der Waals surface area contributed by atoms with Crippen molar-refractivity contribution in [3.8, 4) is 0 Å². The van der Waals surface area contributed by atoms with Crippen LogP contribution in [0.5, 0.6) is 0 Å². The Kier molecular flexibility index (Phi) is 3.30. The summed E-state index contributed by atoms with van der Waals surface area (Å²) >= 11 is 0. The highest BCUT2D eigenvalue weighted by Gasteiger charge is 2.13. The highest BCUT2D eigenvalue weighted by molar-refractivity contribution is 5.94. The first-order valence-corrected chi connectivity index (χ1v) is 2.73. The Morgan fingerprint density at radius 2 is 1.92 bits per heavy atom. The Bertz CT molecular complexity index is 216. The van der Waals surface area contributed by atoms with Crippen molar-refractivity contribution in [2.24, 2.45) is 28.1 Å². The summed E-state index contributed by atoms with van der Waals surface area (Å²) in [7, 11) is 0. The van der Waals surface area contributed by atoms with Crippen LogP contribution in [0.3, 0.4) is 0 Å². The van der Waals surface area contributed by atoms with Crippen LogP contribution in [0.25, 0.3) is 0 Å². The number of hydrogen-bond acceptors (Lipinski definition) is 4. The number of hydrazone groups is 1. The van der Waals surface area contributed by atoms with Gasteiger partial charge in [-0.25, -0.2) is 10.6 Å². The van der Waals surface area contributed by atoms with E-state index in [9.17, 15) is 4.79 Å². The lowest BCUT2D eigenvalue weighted by atomic mass is 10.8. The van der Waals surface area contributed by atoms with Gasteiger partial charge in [-0.2, -0.15) is 0 Å². The highest BCUT2D eigenvalue weighted by atomic mass is 16.2. The molecule has 9 nitrogen and oxygen atoms in total. The van der Waals surface area contributed by atoms with Crippen LogP contribution in [0.15, 0.2) is 5.10 Å². The molecular formula is C3H10N8O. The molecule has 0 fully saturated rings. The molecule has 0 saturated carbocycles. The number of nitrogens with one attached hydrogen (secondary N) is 2. The fraction of sp³-hybridized carbons (Fsp3) is 0. The molecule has 68 valence electrons. The molecule has 0 atom stereocenters. The number of hydrogen-bond donors (Lipinski definition) is 6. The van der Waals surface area contributed by atoms with Crippen LogP contribution in [0.2, 0.25) is 0 Å². The van der Waals surface area contributed by atoms with Crippen molar-refractivity contribution in [3.05, 3.63) is 0 Å². The van der Waals surface area contributed by atoms with E-state index >= 15 is 0 Å². The van der Waals surface area contributed by atoms with Crippen LogP contribution in [-0.2, 0) is 0 Å². The molecule has 0 aliphatic heterocycles. The van der Waals surface area contributed by atoms with E-state index < -0.39 is 18.0 Å². The zero-order valence-electron chi connectivity index (χ0n) is 6.11. The predicted octanol–water partition coefficient (Wildman–Crippen LogP) is -3.05. The molecule has 0 bridgehead atoms. The number of guanidine groups is 2. The third-order valence-electron chi connectivity index (χ3n) is 0.760. The maximum absolute atomic E-state index is 10.7. The predicted molar refractivity (Wildman–Crippen MR) is 42.3 cm³/mol. The summed E-state index contributed by atoms with van der Waals surface area (Å²) in [6, 6.07) is -0.907. The maximum atomic E-state index is 10.7. The summed E-state index contributed by atoms with van der Waals surface area (Å²) in [4.78, 5) is 10.7. The molecule has 0 unspecified atom stereocenters. The Morgan fingerprint density at radius 3 is 2.17 bits per heavy atom. The van der Waals surface area contributed by atoms with E-state index in [1.54, 1.807) is 5.43 Å². The van der Waals surface area contributed by atoms with Crippen molar-refractivity contribution in [3.63, 3.8) is 0 Å². The number of carbonyl (C=O) groups is 1. The van der Waals surface area contributed by atoms with E-state index in [0.717, 1.165) is 0 Å². The van der Waals surface area contributed by atoms with Crippen LogP contribution in [-0.4, -0.2) is 23.0 Å². The summed E-state index contributed by atoms with van der Waals surface area (Å²) in [6.45, 7) is 0. The Labute approximate surface area is 67.8 Å². The summed E-state index contributed by atoms with van der Waals surface area (Å²) in [5.74, 6) is 3.69. The summed E-state index contributed by atoms with van der Waals surface area (Å²) in [5.41, 5.74) is 16.5. The van der Waals surface area contributed by atoms with Gasteiger partial charge in [0.1, 0.15) is 0 Å². The fourth-order valence-electron chi connectivity index (χ4n) is 0.385. The zero-order valence-corrected chi connectivity index (χ0v) is 6.11.